The van der Waals surface area contributed by atoms with Crippen molar-refractivity contribution >= 4 is 23.5 Å². The van der Waals surface area contributed by atoms with E-state index in [4.69, 9.17) is 15.2 Å². The highest BCUT2D eigenvalue weighted by atomic mass is 16.6. The summed E-state index contributed by atoms with van der Waals surface area (Å²) >= 11 is 0. The molecule has 12 nitrogen and oxygen atoms in total. The number of fused-ring (bicyclic) bond motifs is 2. The second kappa shape index (κ2) is 12.2. The normalized spacial score (nSPS) is 35.1. The minimum Gasteiger partial charge on any atom is -0.387 e. The number of hydrogen-bond acceptors (Lipinski definition) is 12. The van der Waals surface area contributed by atoms with Gasteiger partial charge in [0.1, 0.15) is 42.7 Å². The van der Waals surface area contributed by atoms with Gasteiger partial charge in [0.25, 0.3) is 0 Å². The van der Waals surface area contributed by atoms with Gasteiger partial charge in [0, 0.05) is 31.2 Å². The highest BCUT2D eigenvalue weighted by molar-refractivity contribution is 5.96. The Kier molecular flexibility index (Phi) is 8.73. The number of benzene rings is 1. The fraction of sp³-hybridized carbons (Fsp3) is 0.742. The Bertz CT molecular complexity index is 1200. The van der Waals surface area contributed by atoms with Crippen LogP contribution in [0.2, 0.25) is 0 Å². The Morgan fingerprint density at radius 2 is 1.93 bits per heavy atom. The van der Waals surface area contributed by atoms with Crippen molar-refractivity contribution in [3.05, 3.63) is 23.8 Å². The number of aliphatic hydroxyl groups is 2. The van der Waals surface area contributed by atoms with Gasteiger partial charge in [0.05, 0.1) is 30.8 Å². The maximum absolute atomic E-state index is 11.0. The van der Waals surface area contributed by atoms with Crippen molar-refractivity contribution in [2.75, 3.05) is 37.6 Å². The van der Waals surface area contributed by atoms with E-state index in [1.54, 1.807) is 7.11 Å². The molecule has 2 saturated heterocycles. The third kappa shape index (κ3) is 6.03. The lowest BCUT2D eigenvalue weighted by Gasteiger charge is -2.46. The Morgan fingerprint density at radius 1 is 1.16 bits per heavy atom. The number of nitrogens with zero attached hydrogens (tertiary/aromatic N) is 4. The van der Waals surface area contributed by atoms with Crippen molar-refractivity contribution in [2.45, 2.75) is 114 Å². The van der Waals surface area contributed by atoms with Gasteiger partial charge >= 0.3 is 0 Å². The van der Waals surface area contributed by atoms with Crippen LogP contribution in [-0.2, 0) is 14.9 Å². The molecule has 43 heavy (non-hydrogen) atoms. The van der Waals surface area contributed by atoms with Crippen molar-refractivity contribution in [1.29, 1.82) is 0 Å². The largest absolute Gasteiger partial charge is 0.387 e. The van der Waals surface area contributed by atoms with Crippen LogP contribution < -0.4 is 21.7 Å². The quantitative estimate of drug-likeness (QED) is 0.221. The fourth-order valence-corrected chi connectivity index (χ4v) is 7.40. The summed E-state index contributed by atoms with van der Waals surface area (Å²) in [7, 11) is 1.75. The predicted molar refractivity (Wildman–Crippen MR) is 168 cm³/mol. The number of nitrogens with two attached hydrogens (primary N) is 1. The van der Waals surface area contributed by atoms with Gasteiger partial charge in [0.15, 0.2) is 6.23 Å². The van der Waals surface area contributed by atoms with Crippen molar-refractivity contribution in [1.82, 2.24) is 15.1 Å². The first kappa shape index (κ1) is 30.7. The molecule has 4 aliphatic heterocycles. The standard InChI is InChI=1S/C31H50N8O4/c1-17(2)38(13-23-26(40)27(41)30(43-23)39-16-35-25-28(32)33-15-34-29(25)39)20-10-18(11-20)6-9-24-36-21-8-7-19(12-22(21)37-24)31(3,4)14-42-5/h7-8,12,15,17-18,20,23-28,30,35-37,40-41H,6,9-11,13-14,16,32H2,1-5H3/t18?,20?,23-,24?,25?,26-,27-,28?,30-/m1/s1. The Hall–Kier alpha value is -2.32. The Morgan fingerprint density at radius 3 is 2.67 bits per heavy atom. The molecule has 238 valence electrons. The summed E-state index contributed by atoms with van der Waals surface area (Å²) in [4.78, 5) is 12.8. The molecule has 12 heteroatoms. The van der Waals surface area contributed by atoms with E-state index < -0.39 is 30.7 Å². The van der Waals surface area contributed by atoms with Gasteiger partial charge in [-0.05, 0) is 63.1 Å². The molecular formula is C31H50N8O4. The first-order valence-electron chi connectivity index (χ1n) is 15.8. The molecule has 3 fully saturated rings. The van der Waals surface area contributed by atoms with E-state index in [-0.39, 0.29) is 17.6 Å². The van der Waals surface area contributed by atoms with Crippen molar-refractivity contribution < 1.29 is 19.7 Å². The summed E-state index contributed by atoms with van der Waals surface area (Å²) in [6.07, 6.45) is 2.56. The van der Waals surface area contributed by atoms with Gasteiger partial charge in [-0.25, -0.2) is 4.99 Å². The number of ether oxygens (including phenoxy) is 2. The zero-order valence-corrected chi connectivity index (χ0v) is 26.1. The fourth-order valence-electron chi connectivity index (χ4n) is 7.40. The minimum absolute atomic E-state index is 0.0343. The monoisotopic (exact) mass is 598 g/mol. The van der Waals surface area contributed by atoms with E-state index >= 15 is 0 Å². The molecule has 6 rings (SSSR count). The maximum atomic E-state index is 11.0. The van der Waals surface area contributed by atoms with Crippen molar-refractivity contribution in [3.63, 3.8) is 0 Å². The average Bonchev–Trinajstić information content (AvgIpc) is 3.63. The average molecular weight is 599 g/mol. The molecule has 0 aromatic heterocycles. The number of aliphatic imine (C=N–C) groups is 2. The smallest absolute Gasteiger partial charge is 0.161 e. The predicted octanol–water partition coefficient (Wildman–Crippen LogP) is 1.45. The molecule has 0 radical (unpaired) electrons. The SMILES string of the molecule is COCC(C)(C)c1ccc2c(c1)NC(CCC1CC(N(C[C@H]3O[C@@H](N4CNC5C4=NC=NC5N)[C@H](O)[C@@H]3O)C(C)C)C1)N2. The summed E-state index contributed by atoms with van der Waals surface area (Å²) in [5.74, 6) is 1.37. The number of aliphatic hydroxyl groups excluding tert-OH is 2. The van der Waals surface area contributed by atoms with E-state index in [2.05, 4.69) is 76.7 Å². The number of nitrogens with one attached hydrogen (secondary N) is 3. The number of anilines is 2. The third-order valence-corrected chi connectivity index (χ3v) is 10.0. The van der Waals surface area contributed by atoms with Crippen LogP contribution in [0.25, 0.3) is 0 Å². The van der Waals surface area contributed by atoms with Crippen LogP contribution in [0.4, 0.5) is 11.4 Å². The number of amidine groups is 1. The summed E-state index contributed by atoms with van der Waals surface area (Å²) in [5.41, 5.74) is 9.68. The summed E-state index contributed by atoms with van der Waals surface area (Å²) < 4.78 is 11.8. The van der Waals surface area contributed by atoms with Crippen molar-refractivity contribution in [3.8, 4) is 0 Å². The lowest BCUT2D eigenvalue weighted by atomic mass is 9.76. The molecule has 7 N–H and O–H groups in total. The lowest BCUT2D eigenvalue weighted by Crippen LogP contribution is -2.52. The maximum Gasteiger partial charge on any atom is 0.161 e. The van der Waals surface area contributed by atoms with Crippen LogP contribution in [-0.4, -0.2) is 114 Å². The molecule has 0 bridgehead atoms. The van der Waals surface area contributed by atoms with Gasteiger partial charge in [-0.2, -0.15) is 0 Å². The molecule has 5 aliphatic rings. The molecule has 4 heterocycles. The van der Waals surface area contributed by atoms with Crippen LogP contribution >= 0.6 is 0 Å². The molecule has 3 unspecified atom stereocenters. The van der Waals surface area contributed by atoms with Crippen LogP contribution in [0.15, 0.2) is 28.2 Å². The van der Waals surface area contributed by atoms with E-state index in [0.717, 1.165) is 25.7 Å². The van der Waals surface area contributed by atoms with Crippen LogP contribution in [0.1, 0.15) is 58.9 Å². The lowest BCUT2D eigenvalue weighted by molar-refractivity contribution is -0.0760. The van der Waals surface area contributed by atoms with Gasteiger partial charge in [-0.1, -0.05) is 19.9 Å². The molecule has 7 atom stereocenters. The van der Waals surface area contributed by atoms with Gasteiger partial charge < -0.3 is 41.0 Å². The minimum atomic E-state index is -1.04. The Labute approximate surface area is 255 Å². The van der Waals surface area contributed by atoms with E-state index in [1.165, 1.54) is 23.3 Å². The van der Waals surface area contributed by atoms with Crippen molar-refractivity contribution in [2.24, 2.45) is 21.6 Å². The number of methoxy groups -OCH3 is 1. The first-order valence-corrected chi connectivity index (χ1v) is 15.8. The molecular weight excluding hydrogens is 548 g/mol. The molecule has 1 aromatic rings. The van der Waals surface area contributed by atoms with Crippen LogP contribution in [0.5, 0.6) is 0 Å². The summed E-state index contributed by atoms with van der Waals surface area (Å²) in [5, 5.41) is 32.6. The first-order chi connectivity index (χ1) is 20.6. The Balaban J connectivity index is 0.987. The second-order valence-corrected chi connectivity index (χ2v) is 13.9. The van der Waals surface area contributed by atoms with Crippen LogP contribution in [0, 0.1) is 5.92 Å². The zero-order valence-electron chi connectivity index (χ0n) is 26.1. The molecule has 0 amide bonds. The molecule has 0 spiro atoms. The number of hydrogen-bond donors (Lipinski definition) is 6. The molecule has 1 aromatic carbocycles. The summed E-state index contributed by atoms with van der Waals surface area (Å²) in [6.45, 7) is 10.5. The van der Waals surface area contributed by atoms with E-state index in [1.807, 2.05) is 4.90 Å². The highest BCUT2D eigenvalue weighted by Crippen LogP contribution is 2.40. The van der Waals surface area contributed by atoms with E-state index in [0.29, 0.717) is 43.7 Å². The van der Waals surface area contributed by atoms with E-state index in [9.17, 15) is 10.2 Å². The van der Waals surface area contributed by atoms with Gasteiger partial charge in [-0.3, -0.25) is 15.2 Å². The van der Waals surface area contributed by atoms with Crippen LogP contribution in [0.3, 0.4) is 0 Å². The number of rotatable bonds is 11. The zero-order chi connectivity index (χ0) is 30.5. The third-order valence-electron chi connectivity index (χ3n) is 10.0. The van der Waals surface area contributed by atoms with Gasteiger partial charge in [0.2, 0.25) is 0 Å². The summed E-state index contributed by atoms with van der Waals surface area (Å²) in [6, 6.07) is 7.17. The topological polar surface area (TPSA) is 152 Å². The highest BCUT2D eigenvalue weighted by Gasteiger charge is 2.51. The molecule has 1 saturated carbocycles. The van der Waals surface area contributed by atoms with Gasteiger partial charge in [-0.15, -0.1) is 0 Å². The molecule has 1 aliphatic carbocycles. The second-order valence-electron chi connectivity index (χ2n) is 13.9.